The van der Waals surface area contributed by atoms with Crippen LogP contribution in [-0.4, -0.2) is 10.4 Å². The SMILES string of the molecule is CCCCn1c(CC#N)ccc1C(=O)c1ccc(Cl)cc1Cl. The Morgan fingerprint density at radius 2 is 2.05 bits per heavy atom. The molecule has 22 heavy (non-hydrogen) atoms. The topological polar surface area (TPSA) is 45.8 Å². The molecule has 0 radical (unpaired) electrons. The van der Waals surface area contributed by atoms with Crippen molar-refractivity contribution in [2.45, 2.75) is 32.7 Å². The fourth-order valence-corrected chi connectivity index (χ4v) is 2.83. The molecule has 0 aliphatic rings. The van der Waals surface area contributed by atoms with Crippen molar-refractivity contribution in [1.29, 1.82) is 5.26 Å². The summed E-state index contributed by atoms with van der Waals surface area (Å²) in [6.07, 6.45) is 2.24. The van der Waals surface area contributed by atoms with Gasteiger partial charge in [-0.1, -0.05) is 36.5 Å². The molecule has 0 aliphatic carbocycles. The molecule has 1 aromatic carbocycles. The zero-order valence-electron chi connectivity index (χ0n) is 12.3. The van der Waals surface area contributed by atoms with Gasteiger partial charge in [0.2, 0.25) is 5.78 Å². The van der Waals surface area contributed by atoms with Gasteiger partial charge in [-0.3, -0.25) is 4.79 Å². The number of halogens is 2. The molecule has 0 fully saturated rings. The first-order valence-corrected chi connectivity index (χ1v) is 7.89. The van der Waals surface area contributed by atoms with Crippen LogP contribution in [0.15, 0.2) is 30.3 Å². The molecule has 1 aromatic heterocycles. The van der Waals surface area contributed by atoms with Crippen LogP contribution in [0, 0.1) is 11.3 Å². The third-order valence-electron chi connectivity index (χ3n) is 3.47. The zero-order valence-corrected chi connectivity index (χ0v) is 13.8. The van der Waals surface area contributed by atoms with Crippen LogP contribution in [-0.2, 0) is 13.0 Å². The highest BCUT2D eigenvalue weighted by Crippen LogP contribution is 2.24. The summed E-state index contributed by atoms with van der Waals surface area (Å²) in [6.45, 7) is 2.80. The minimum Gasteiger partial charge on any atom is -0.341 e. The molecular formula is C17H16Cl2N2O. The van der Waals surface area contributed by atoms with Crippen molar-refractivity contribution < 1.29 is 4.79 Å². The highest BCUT2D eigenvalue weighted by Gasteiger charge is 2.18. The van der Waals surface area contributed by atoms with Crippen molar-refractivity contribution in [1.82, 2.24) is 4.57 Å². The molecule has 0 saturated heterocycles. The molecular weight excluding hydrogens is 319 g/mol. The van der Waals surface area contributed by atoms with Crippen molar-refractivity contribution in [2.75, 3.05) is 0 Å². The summed E-state index contributed by atoms with van der Waals surface area (Å²) in [5, 5.41) is 9.75. The van der Waals surface area contributed by atoms with Crippen LogP contribution in [0.5, 0.6) is 0 Å². The van der Waals surface area contributed by atoms with E-state index in [0.717, 1.165) is 18.5 Å². The number of nitriles is 1. The molecule has 0 aliphatic heterocycles. The average molecular weight is 335 g/mol. The first-order valence-electron chi connectivity index (χ1n) is 7.13. The predicted octanol–water partition coefficient (Wildman–Crippen LogP) is 4.89. The van der Waals surface area contributed by atoms with Gasteiger partial charge in [0.1, 0.15) is 0 Å². The van der Waals surface area contributed by atoms with Gasteiger partial charge in [0.15, 0.2) is 0 Å². The Bertz CT molecular complexity index is 729. The summed E-state index contributed by atoms with van der Waals surface area (Å²) in [5.41, 5.74) is 1.83. The van der Waals surface area contributed by atoms with Gasteiger partial charge in [-0.25, -0.2) is 0 Å². The maximum absolute atomic E-state index is 12.7. The molecule has 3 nitrogen and oxygen atoms in total. The van der Waals surface area contributed by atoms with Gasteiger partial charge >= 0.3 is 0 Å². The lowest BCUT2D eigenvalue weighted by atomic mass is 10.1. The van der Waals surface area contributed by atoms with E-state index < -0.39 is 0 Å². The molecule has 0 amide bonds. The second-order valence-electron chi connectivity index (χ2n) is 5.00. The standard InChI is InChI=1S/C17H16Cl2N2O/c1-2-3-10-21-13(8-9-20)5-7-16(21)17(22)14-6-4-12(18)11-15(14)19/h4-7,11H,2-3,8,10H2,1H3. The molecule has 0 bridgehead atoms. The predicted molar refractivity (Wildman–Crippen MR) is 88.6 cm³/mol. The summed E-state index contributed by atoms with van der Waals surface area (Å²) < 4.78 is 1.92. The van der Waals surface area contributed by atoms with Crippen LogP contribution in [0.4, 0.5) is 0 Å². The van der Waals surface area contributed by atoms with Crippen LogP contribution in [0.1, 0.15) is 41.5 Å². The summed E-state index contributed by atoms with van der Waals surface area (Å²) in [6, 6.07) is 10.6. The van der Waals surface area contributed by atoms with Gasteiger partial charge in [-0.15, -0.1) is 0 Å². The number of rotatable bonds is 6. The van der Waals surface area contributed by atoms with Gasteiger partial charge in [0.25, 0.3) is 0 Å². The molecule has 114 valence electrons. The Labute approximate surface area is 140 Å². The molecule has 2 rings (SSSR count). The summed E-state index contributed by atoms with van der Waals surface area (Å²) in [5.74, 6) is -0.151. The van der Waals surface area contributed by atoms with Crippen LogP contribution < -0.4 is 0 Å². The Kier molecular flexibility index (Phi) is 5.65. The van der Waals surface area contributed by atoms with Gasteiger partial charge in [-0.05, 0) is 36.8 Å². The van der Waals surface area contributed by atoms with Crippen LogP contribution in [0.25, 0.3) is 0 Å². The molecule has 0 unspecified atom stereocenters. The lowest BCUT2D eigenvalue weighted by Gasteiger charge is -2.12. The molecule has 5 heteroatoms. The summed E-state index contributed by atoms with van der Waals surface area (Å²) in [4.78, 5) is 12.7. The summed E-state index contributed by atoms with van der Waals surface area (Å²) in [7, 11) is 0. The Balaban J connectivity index is 2.42. The van der Waals surface area contributed by atoms with E-state index in [1.807, 2.05) is 10.6 Å². The molecule has 0 spiro atoms. The lowest BCUT2D eigenvalue weighted by molar-refractivity contribution is 0.103. The third-order valence-corrected chi connectivity index (χ3v) is 4.02. The van der Waals surface area contributed by atoms with E-state index in [1.165, 1.54) is 0 Å². The second-order valence-corrected chi connectivity index (χ2v) is 5.85. The third kappa shape index (κ3) is 3.52. The highest BCUT2D eigenvalue weighted by atomic mass is 35.5. The van der Waals surface area contributed by atoms with Crippen LogP contribution in [0.2, 0.25) is 10.0 Å². The van der Waals surface area contributed by atoms with Gasteiger partial charge < -0.3 is 4.57 Å². The Hall–Kier alpha value is -1.76. The van der Waals surface area contributed by atoms with Crippen molar-refractivity contribution in [3.63, 3.8) is 0 Å². The quantitative estimate of drug-likeness (QED) is 0.706. The number of unbranched alkanes of at least 4 members (excludes halogenated alkanes) is 1. The smallest absolute Gasteiger partial charge is 0.210 e. The number of aromatic nitrogens is 1. The average Bonchev–Trinajstić information content (AvgIpc) is 2.88. The zero-order chi connectivity index (χ0) is 16.1. The number of benzene rings is 1. The van der Waals surface area contributed by atoms with Gasteiger partial charge in [0.05, 0.1) is 23.2 Å². The lowest BCUT2D eigenvalue weighted by Crippen LogP contribution is -2.13. The van der Waals surface area contributed by atoms with Gasteiger partial charge in [-0.2, -0.15) is 5.26 Å². The van der Waals surface area contributed by atoms with Crippen LogP contribution >= 0.6 is 23.2 Å². The van der Waals surface area contributed by atoms with E-state index in [1.54, 1.807) is 24.3 Å². The van der Waals surface area contributed by atoms with Crippen molar-refractivity contribution in [2.24, 2.45) is 0 Å². The van der Waals surface area contributed by atoms with E-state index in [-0.39, 0.29) is 12.2 Å². The van der Waals surface area contributed by atoms with Gasteiger partial charge in [0, 0.05) is 22.8 Å². The van der Waals surface area contributed by atoms with E-state index in [4.69, 9.17) is 28.5 Å². The van der Waals surface area contributed by atoms with Crippen molar-refractivity contribution in [3.05, 3.63) is 57.3 Å². The number of nitrogens with zero attached hydrogens (tertiary/aromatic N) is 2. The molecule has 0 saturated carbocycles. The Morgan fingerprint density at radius 1 is 1.27 bits per heavy atom. The molecule has 1 heterocycles. The van der Waals surface area contributed by atoms with E-state index in [9.17, 15) is 4.79 Å². The minimum absolute atomic E-state index is 0.151. The number of hydrogen-bond acceptors (Lipinski definition) is 2. The second kappa shape index (κ2) is 7.49. The molecule has 0 N–H and O–H groups in total. The molecule has 2 aromatic rings. The number of hydrogen-bond donors (Lipinski definition) is 0. The normalized spacial score (nSPS) is 10.5. The first-order chi connectivity index (χ1) is 10.6. The molecule has 0 atom stereocenters. The largest absolute Gasteiger partial charge is 0.341 e. The maximum atomic E-state index is 12.7. The monoisotopic (exact) mass is 334 g/mol. The van der Waals surface area contributed by atoms with Crippen molar-refractivity contribution in [3.8, 4) is 6.07 Å². The minimum atomic E-state index is -0.151. The first kappa shape index (κ1) is 16.6. The van der Waals surface area contributed by atoms with Crippen molar-refractivity contribution >= 4 is 29.0 Å². The van der Waals surface area contributed by atoms with E-state index >= 15 is 0 Å². The fraction of sp³-hybridized carbons (Fsp3) is 0.294. The number of carbonyl (C=O) groups excluding carboxylic acids is 1. The number of carbonyl (C=O) groups is 1. The van der Waals surface area contributed by atoms with Crippen LogP contribution in [0.3, 0.4) is 0 Å². The Morgan fingerprint density at radius 3 is 2.68 bits per heavy atom. The van der Waals surface area contributed by atoms with E-state index in [0.29, 0.717) is 27.8 Å². The number of ketones is 1. The fourth-order valence-electron chi connectivity index (χ4n) is 2.34. The maximum Gasteiger partial charge on any atom is 0.210 e. The highest BCUT2D eigenvalue weighted by molar-refractivity contribution is 6.37. The summed E-state index contributed by atoms with van der Waals surface area (Å²) >= 11 is 12.0. The van der Waals surface area contributed by atoms with E-state index in [2.05, 4.69) is 13.0 Å².